The maximum absolute atomic E-state index is 13.0. The number of hydrogen-bond acceptors (Lipinski definition) is 7. The number of carbonyl (C=O) groups excluding carboxylic acids is 5. The summed E-state index contributed by atoms with van der Waals surface area (Å²) in [7, 11) is 0. The van der Waals surface area contributed by atoms with Crippen molar-refractivity contribution in [3.63, 3.8) is 0 Å². The number of rotatable bonds is 7. The Labute approximate surface area is 213 Å². The van der Waals surface area contributed by atoms with Crippen LogP contribution in [-0.2, 0) is 38.6 Å². The summed E-state index contributed by atoms with van der Waals surface area (Å²) >= 11 is 0. The van der Waals surface area contributed by atoms with Gasteiger partial charge in [0.15, 0.2) is 0 Å². The van der Waals surface area contributed by atoms with Gasteiger partial charge in [-0.3, -0.25) is 24.5 Å². The van der Waals surface area contributed by atoms with Crippen molar-refractivity contribution < 1.29 is 28.7 Å². The van der Waals surface area contributed by atoms with Crippen molar-refractivity contribution in [2.24, 2.45) is 0 Å². The molecule has 1 aromatic carbocycles. The number of H-pyrrole nitrogens is 1. The van der Waals surface area contributed by atoms with Crippen molar-refractivity contribution in [1.29, 1.82) is 0 Å². The van der Waals surface area contributed by atoms with Gasteiger partial charge in [0.25, 0.3) is 5.91 Å². The number of nitrogens with zero attached hydrogens (tertiary/aromatic N) is 2. The van der Waals surface area contributed by atoms with Gasteiger partial charge in [0.1, 0.15) is 17.7 Å². The molecule has 4 rings (SSSR count). The Morgan fingerprint density at radius 2 is 2.03 bits per heavy atom. The van der Waals surface area contributed by atoms with Gasteiger partial charge in [0, 0.05) is 43.4 Å². The van der Waals surface area contributed by atoms with Gasteiger partial charge < -0.3 is 25.3 Å². The van der Waals surface area contributed by atoms with E-state index in [1.807, 2.05) is 6.07 Å². The second kappa shape index (κ2) is 10.4. The number of hydrogen-bond donors (Lipinski definition) is 4. The summed E-state index contributed by atoms with van der Waals surface area (Å²) in [6, 6.07) is 3.62. The smallest absolute Gasteiger partial charge is 0.408 e. The van der Waals surface area contributed by atoms with Crippen LogP contribution in [0, 0.1) is 0 Å². The molecule has 2 atom stereocenters. The normalized spacial score (nSPS) is 18.2. The van der Waals surface area contributed by atoms with Gasteiger partial charge in [0.05, 0.1) is 6.33 Å². The third kappa shape index (κ3) is 6.32. The van der Waals surface area contributed by atoms with Crippen molar-refractivity contribution in [2.45, 2.75) is 70.8 Å². The van der Waals surface area contributed by atoms with Crippen molar-refractivity contribution in [3.05, 3.63) is 53.1 Å². The fraction of sp³-hybridized carbons (Fsp3) is 0.440. The number of piperidine rings is 1. The molecule has 0 saturated carbocycles. The second-order valence-electron chi connectivity index (χ2n) is 10.1. The summed E-state index contributed by atoms with van der Waals surface area (Å²) in [5.74, 6) is -1.48. The van der Waals surface area contributed by atoms with Gasteiger partial charge >= 0.3 is 6.09 Å². The minimum absolute atomic E-state index is 0.161. The van der Waals surface area contributed by atoms with Crippen molar-refractivity contribution in [2.75, 3.05) is 0 Å². The van der Waals surface area contributed by atoms with Crippen LogP contribution in [0.4, 0.5) is 4.79 Å². The Hall–Kier alpha value is -4.22. The lowest BCUT2D eigenvalue weighted by atomic mass is 10.0. The Bertz CT molecular complexity index is 1220. The minimum Gasteiger partial charge on any atom is -0.444 e. The molecule has 12 heteroatoms. The molecule has 0 aliphatic carbocycles. The third-order valence-electron chi connectivity index (χ3n) is 6.04. The van der Waals surface area contributed by atoms with E-state index in [1.54, 1.807) is 39.1 Å². The lowest BCUT2D eigenvalue weighted by Crippen LogP contribution is -2.52. The number of carbonyl (C=O) groups is 5. The van der Waals surface area contributed by atoms with E-state index >= 15 is 0 Å². The Morgan fingerprint density at radius 3 is 2.70 bits per heavy atom. The maximum atomic E-state index is 13.0. The number of fused-ring (bicyclic) bond motifs is 1. The largest absolute Gasteiger partial charge is 0.444 e. The fourth-order valence-corrected chi connectivity index (χ4v) is 4.33. The zero-order valence-corrected chi connectivity index (χ0v) is 20.9. The molecular formula is C25H30N6O6. The summed E-state index contributed by atoms with van der Waals surface area (Å²) in [4.78, 5) is 70.2. The number of ether oxygens (including phenoxy) is 1. The van der Waals surface area contributed by atoms with E-state index in [4.69, 9.17) is 4.74 Å². The summed E-state index contributed by atoms with van der Waals surface area (Å²) in [5.41, 5.74) is 1.93. The number of nitrogens with one attached hydrogen (secondary N) is 4. The number of imide groups is 1. The van der Waals surface area contributed by atoms with Gasteiger partial charge in [-0.15, -0.1) is 0 Å². The molecular weight excluding hydrogens is 480 g/mol. The molecule has 2 aliphatic heterocycles. The molecule has 196 valence electrons. The van der Waals surface area contributed by atoms with Crippen LogP contribution in [0.1, 0.15) is 60.8 Å². The molecule has 5 amide bonds. The van der Waals surface area contributed by atoms with Gasteiger partial charge in [0.2, 0.25) is 17.7 Å². The molecule has 0 unspecified atom stereocenters. The number of aromatic nitrogens is 2. The zero-order valence-electron chi connectivity index (χ0n) is 20.9. The summed E-state index contributed by atoms with van der Waals surface area (Å²) in [5, 5.41) is 7.72. The Kier molecular flexibility index (Phi) is 7.28. The summed E-state index contributed by atoms with van der Waals surface area (Å²) in [6.07, 6.45) is 3.01. The topological polar surface area (TPSA) is 163 Å². The highest BCUT2D eigenvalue weighted by Gasteiger charge is 2.39. The van der Waals surface area contributed by atoms with Crippen LogP contribution in [0.5, 0.6) is 0 Å². The Balaban J connectivity index is 1.40. The van der Waals surface area contributed by atoms with Gasteiger partial charge in [-0.2, -0.15) is 0 Å². The molecule has 0 spiro atoms. The van der Waals surface area contributed by atoms with E-state index in [9.17, 15) is 24.0 Å². The number of imidazole rings is 1. The molecule has 37 heavy (non-hydrogen) atoms. The molecule has 1 aromatic heterocycles. The maximum Gasteiger partial charge on any atom is 0.408 e. The highest BCUT2D eigenvalue weighted by atomic mass is 16.6. The van der Waals surface area contributed by atoms with Crippen LogP contribution >= 0.6 is 0 Å². The van der Waals surface area contributed by atoms with Crippen LogP contribution in [0.2, 0.25) is 0 Å². The second-order valence-corrected chi connectivity index (χ2v) is 10.1. The molecule has 2 aliphatic rings. The van der Waals surface area contributed by atoms with Crippen LogP contribution in [0.15, 0.2) is 30.7 Å². The fourth-order valence-electron chi connectivity index (χ4n) is 4.33. The average Bonchev–Trinajstić information content (AvgIpc) is 3.43. The van der Waals surface area contributed by atoms with Gasteiger partial charge in [-0.05, 0) is 44.4 Å². The Morgan fingerprint density at radius 1 is 1.24 bits per heavy atom. The van der Waals surface area contributed by atoms with E-state index in [0.29, 0.717) is 11.3 Å². The first-order valence-corrected chi connectivity index (χ1v) is 12.0. The predicted molar refractivity (Wildman–Crippen MR) is 130 cm³/mol. The molecule has 3 heterocycles. The van der Waals surface area contributed by atoms with Crippen LogP contribution in [0.25, 0.3) is 0 Å². The zero-order chi connectivity index (χ0) is 26.7. The molecule has 0 bridgehead atoms. The molecule has 0 radical (unpaired) electrons. The highest BCUT2D eigenvalue weighted by Crippen LogP contribution is 2.28. The monoisotopic (exact) mass is 510 g/mol. The number of aromatic amines is 1. The first-order chi connectivity index (χ1) is 17.5. The quantitative estimate of drug-likeness (QED) is 0.403. The van der Waals surface area contributed by atoms with E-state index in [-0.39, 0.29) is 44.2 Å². The van der Waals surface area contributed by atoms with Gasteiger partial charge in [-0.1, -0.05) is 12.1 Å². The van der Waals surface area contributed by atoms with Gasteiger partial charge in [-0.25, -0.2) is 9.78 Å². The predicted octanol–water partition coefficient (Wildman–Crippen LogP) is 0.923. The first kappa shape index (κ1) is 25.9. The van der Waals surface area contributed by atoms with Crippen LogP contribution in [-0.4, -0.2) is 62.3 Å². The lowest BCUT2D eigenvalue weighted by molar-refractivity contribution is -0.137. The lowest BCUT2D eigenvalue weighted by Gasteiger charge is -2.29. The molecule has 12 nitrogen and oxygen atoms in total. The van der Waals surface area contributed by atoms with Crippen molar-refractivity contribution in [1.82, 2.24) is 30.8 Å². The van der Waals surface area contributed by atoms with Crippen LogP contribution < -0.4 is 16.0 Å². The molecule has 1 fully saturated rings. The average molecular weight is 511 g/mol. The van der Waals surface area contributed by atoms with E-state index < -0.39 is 35.6 Å². The van der Waals surface area contributed by atoms with Crippen molar-refractivity contribution >= 4 is 29.7 Å². The molecule has 4 N–H and O–H groups in total. The third-order valence-corrected chi connectivity index (χ3v) is 6.04. The first-order valence-electron chi connectivity index (χ1n) is 12.0. The van der Waals surface area contributed by atoms with E-state index in [0.717, 1.165) is 11.1 Å². The highest BCUT2D eigenvalue weighted by molar-refractivity contribution is 6.05. The number of benzene rings is 1. The molecule has 2 aromatic rings. The van der Waals surface area contributed by atoms with E-state index in [1.165, 1.54) is 11.2 Å². The van der Waals surface area contributed by atoms with Crippen molar-refractivity contribution in [3.8, 4) is 0 Å². The standard InChI is InChI=1S/C25H30N6O6/c1-25(2,3)37-24(36)29-18(9-16-11-26-13-28-16)21(33)27-10-14-4-5-17-15(8-14)12-31(23(17)35)19-6-7-20(32)30-22(19)34/h4-5,8,11,13,18-19H,6-7,9-10,12H2,1-3H3,(H,26,28)(H,27,33)(H,29,36)(H,30,32,34)/t18-,19-/m0/s1. The summed E-state index contributed by atoms with van der Waals surface area (Å²) in [6.45, 7) is 5.60. The molecule has 1 saturated heterocycles. The number of amides is 5. The summed E-state index contributed by atoms with van der Waals surface area (Å²) < 4.78 is 5.29. The number of alkyl carbamates (subject to hydrolysis) is 1. The van der Waals surface area contributed by atoms with Crippen LogP contribution in [0.3, 0.4) is 0 Å². The SMILES string of the molecule is CC(C)(C)OC(=O)N[C@@H](Cc1cnc[nH]1)C(=O)NCc1ccc2c(c1)CN([C@H]1CCC(=O)NC1=O)C2=O. The minimum atomic E-state index is -0.908. The van der Waals surface area contributed by atoms with E-state index in [2.05, 4.69) is 25.9 Å².